The molecule has 0 amide bonds. The summed E-state index contributed by atoms with van der Waals surface area (Å²) in [4.78, 5) is 5.51. The zero-order chi connectivity index (χ0) is 8.27. The summed E-state index contributed by atoms with van der Waals surface area (Å²) in [6.07, 6.45) is 1.95. The van der Waals surface area contributed by atoms with Gasteiger partial charge in [0, 0.05) is 4.88 Å². The quantitative estimate of drug-likeness (QED) is 0.751. The first-order chi connectivity index (χ1) is 5.31. The molecule has 62 valence electrons. The van der Waals surface area contributed by atoms with Crippen LogP contribution in [0.4, 0.5) is 0 Å². The Morgan fingerprint density at radius 1 is 1.36 bits per heavy atom. The topological polar surface area (TPSA) is 33.1 Å². The van der Waals surface area contributed by atoms with Crippen LogP contribution < -0.4 is 0 Å². The first-order valence-corrected chi connectivity index (χ1v) is 4.71. The summed E-state index contributed by atoms with van der Waals surface area (Å²) in [5.41, 5.74) is 0.870. The van der Waals surface area contributed by atoms with Gasteiger partial charge in [0.2, 0.25) is 0 Å². The van der Waals surface area contributed by atoms with E-state index >= 15 is 0 Å². The van der Waals surface area contributed by atoms with Crippen LogP contribution in [0.1, 0.15) is 29.4 Å². The van der Waals surface area contributed by atoms with Crippen LogP contribution in [0.25, 0.3) is 0 Å². The summed E-state index contributed by atoms with van der Waals surface area (Å²) >= 11 is 1.71. The van der Waals surface area contributed by atoms with Gasteiger partial charge >= 0.3 is 0 Å². The van der Waals surface area contributed by atoms with Gasteiger partial charge in [-0.3, -0.25) is 0 Å². The molecule has 0 spiro atoms. The lowest BCUT2D eigenvalue weighted by atomic mass is 10.3. The number of aromatic nitrogens is 1. The highest BCUT2D eigenvalue weighted by Gasteiger charge is 2.06. The van der Waals surface area contributed by atoms with Gasteiger partial charge in [-0.15, -0.1) is 11.3 Å². The van der Waals surface area contributed by atoms with Crippen LogP contribution in [-0.2, 0) is 19.4 Å². The number of rotatable bonds is 3. The van der Waals surface area contributed by atoms with E-state index in [9.17, 15) is 0 Å². The first kappa shape index (κ1) is 8.68. The molecule has 2 nitrogen and oxygen atoms in total. The molecule has 0 fully saturated rings. The highest BCUT2D eigenvalue weighted by Crippen LogP contribution is 2.19. The summed E-state index contributed by atoms with van der Waals surface area (Å²) in [6.45, 7) is 4.26. The summed E-state index contributed by atoms with van der Waals surface area (Å²) in [5.74, 6) is 0. The number of aliphatic hydroxyl groups excluding tert-OH is 1. The second-order valence-corrected chi connectivity index (χ2v) is 3.51. The maximum absolute atomic E-state index is 8.90. The van der Waals surface area contributed by atoms with Crippen LogP contribution in [0.5, 0.6) is 0 Å². The molecule has 0 aliphatic carbocycles. The van der Waals surface area contributed by atoms with E-state index in [0.717, 1.165) is 23.5 Å². The molecular formula is C8H13NOS. The Morgan fingerprint density at radius 3 is 2.45 bits per heavy atom. The van der Waals surface area contributed by atoms with Gasteiger partial charge in [0.05, 0.1) is 17.3 Å². The highest BCUT2D eigenvalue weighted by atomic mass is 32.1. The Kier molecular flexibility index (Phi) is 3.02. The number of aliphatic hydroxyl groups is 1. The normalized spacial score (nSPS) is 10.5. The molecule has 0 radical (unpaired) electrons. The molecule has 0 atom stereocenters. The number of hydrogen-bond acceptors (Lipinski definition) is 3. The second-order valence-electron chi connectivity index (χ2n) is 2.34. The highest BCUT2D eigenvalue weighted by molar-refractivity contribution is 7.11. The van der Waals surface area contributed by atoms with Crippen molar-refractivity contribution in [1.82, 2.24) is 4.98 Å². The van der Waals surface area contributed by atoms with Crippen LogP contribution >= 0.6 is 11.3 Å². The predicted molar refractivity (Wildman–Crippen MR) is 46.8 cm³/mol. The van der Waals surface area contributed by atoms with Gasteiger partial charge in [-0.2, -0.15) is 0 Å². The average molecular weight is 171 g/mol. The summed E-state index contributed by atoms with van der Waals surface area (Å²) < 4.78 is 0. The van der Waals surface area contributed by atoms with Gasteiger partial charge in [0.15, 0.2) is 0 Å². The first-order valence-electron chi connectivity index (χ1n) is 3.90. The molecule has 1 N–H and O–H groups in total. The van der Waals surface area contributed by atoms with E-state index in [1.807, 2.05) is 0 Å². The predicted octanol–water partition coefficient (Wildman–Crippen LogP) is 1.76. The lowest BCUT2D eigenvalue weighted by Crippen LogP contribution is -1.88. The molecule has 0 saturated heterocycles. The summed E-state index contributed by atoms with van der Waals surface area (Å²) in [7, 11) is 0. The minimum atomic E-state index is 0.0830. The molecule has 1 aromatic rings. The molecule has 3 heteroatoms. The molecule has 0 bridgehead atoms. The van der Waals surface area contributed by atoms with E-state index in [4.69, 9.17) is 5.11 Å². The lowest BCUT2D eigenvalue weighted by molar-refractivity contribution is 0.276. The SMILES string of the molecule is CCc1nc(CO)c(CC)s1. The molecule has 0 aliphatic rings. The second kappa shape index (κ2) is 3.83. The van der Waals surface area contributed by atoms with Gasteiger partial charge in [0.1, 0.15) is 0 Å². The largest absolute Gasteiger partial charge is 0.390 e. The fourth-order valence-corrected chi connectivity index (χ4v) is 1.94. The van der Waals surface area contributed by atoms with Crippen molar-refractivity contribution in [3.05, 3.63) is 15.6 Å². The van der Waals surface area contributed by atoms with Gasteiger partial charge in [-0.25, -0.2) is 4.98 Å². The van der Waals surface area contributed by atoms with Crippen LogP contribution in [0, 0.1) is 0 Å². The van der Waals surface area contributed by atoms with Crippen LogP contribution in [0.3, 0.4) is 0 Å². The van der Waals surface area contributed by atoms with Crippen LogP contribution in [-0.4, -0.2) is 10.1 Å². The van der Waals surface area contributed by atoms with E-state index < -0.39 is 0 Å². The van der Waals surface area contributed by atoms with Gasteiger partial charge in [-0.05, 0) is 12.8 Å². The number of thiazole rings is 1. The van der Waals surface area contributed by atoms with E-state index in [1.54, 1.807) is 11.3 Å². The fourth-order valence-electron chi connectivity index (χ4n) is 0.988. The minimum absolute atomic E-state index is 0.0830. The van der Waals surface area contributed by atoms with Crippen molar-refractivity contribution in [2.75, 3.05) is 0 Å². The third-order valence-electron chi connectivity index (χ3n) is 1.60. The van der Waals surface area contributed by atoms with Gasteiger partial charge in [0.25, 0.3) is 0 Å². The number of hydrogen-bond donors (Lipinski definition) is 1. The van der Waals surface area contributed by atoms with E-state index in [2.05, 4.69) is 18.8 Å². The standard InChI is InChI=1S/C8H13NOS/c1-3-7-6(5-10)9-8(4-2)11-7/h10H,3-5H2,1-2H3. The van der Waals surface area contributed by atoms with Crippen LogP contribution in [0.2, 0.25) is 0 Å². The summed E-state index contributed by atoms with van der Waals surface area (Å²) in [5, 5.41) is 10.0. The molecule has 1 aromatic heterocycles. The van der Waals surface area contributed by atoms with Crippen molar-refractivity contribution in [3.8, 4) is 0 Å². The van der Waals surface area contributed by atoms with E-state index in [-0.39, 0.29) is 6.61 Å². The van der Waals surface area contributed by atoms with Crippen molar-refractivity contribution in [2.24, 2.45) is 0 Å². The Labute approximate surface area is 70.9 Å². The maximum atomic E-state index is 8.90. The number of aryl methyl sites for hydroxylation is 2. The smallest absolute Gasteiger partial charge is 0.0929 e. The summed E-state index contributed by atoms with van der Waals surface area (Å²) in [6, 6.07) is 0. The zero-order valence-electron chi connectivity index (χ0n) is 6.92. The van der Waals surface area contributed by atoms with Gasteiger partial charge in [-0.1, -0.05) is 13.8 Å². The van der Waals surface area contributed by atoms with E-state index in [0.29, 0.717) is 0 Å². The number of nitrogens with zero attached hydrogens (tertiary/aromatic N) is 1. The third-order valence-corrected chi connectivity index (χ3v) is 2.98. The van der Waals surface area contributed by atoms with Crippen molar-refractivity contribution < 1.29 is 5.11 Å². The molecule has 1 rings (SSSR count). The van der Waals surface area contributed by atoms with Gasteiger partial charge < -0.3 is 5.11 Å². The Hall–Kier alpha value is -0.410. The lowest BCUT2D eigenvalue weighted by Gasteiger charge is -1.90. The molecular weight excluding hydrogens is 158 g/mol. The molecule has 1 heterocycles. The van der Waals surface area contributed by atoms with Crippen molar-refractivity contribution in [2.45, 2.75) is 33.3 Å². The Balaban J connectivity index is 2.92. The van der Waals surface area contributed by atoms with E-state index in [1.165, 1.54) is 4.88 Å². The zero-order valence-corrected chi connectivity index (χ0v) is 7.74. The Morgan fingerprint density at radius 2 is 2.09 bits per heavy atom. The average Bonchev–Trinajstić information content (AvgIpc) is 2.46. The molecule has 0 aromatic carbocycles. The molecule has 0 unspecified atom stereocenters. The van der Waals surface area contributed by atoms with Crippen molar-refractivity contribution >= 4 is 11.3 Å². The molecule has 11 heavy (non-hydrogen) atoms. The molecule has 0 aliphatic heterocycles. The monoisotopic (exact) mass is 171 g/mol. The van der Waals surface area contributed by atoms with Crippen LogP contribution in [0.15, 0.2) is 0 Å². The maximum Gasteiger partial charge on any atom is 0.0929 e. The third kappa shape index (κ3) is 1.79. The Bertz CT molecular complexity index is 210. The fraction of sp³-hybridized carbons (Fsp3) is 0.625. The van der Waals surface area contributed by atoms with Crippen molar-refractivity contribution in [1.29, 1.82) is 0 Å². The van der Waals surface area contributed by atoms with Crippen molar-refractivity contribution in [3.63, 3.8) is 0 Å². The minimum Gasteiger partial charge on any atom is -0.390 e. The molecule has 0 saturated carbocycles.